The second-order valence-corrected chi connectivity index (χ2v) is 5.33. The molecule has 15 heavy (non-hydrogen) atoms. The molecule has 0 aromatic carbocycles. The Labute approximate surface area is 98.7 Å². The Kier molecular flexibility index (Phi) is 3.77. The van der Waals surface area contributed by atoms with Crippen molar-refractivity contribution in [2.45, 2.75) is 59.2 Å². The molecule has 0 spiro atoms. The van der Waals surface area contributed by atoms with Crippen LogP contribution in [0.5, 0.6) is 0 Å². The molecule has 1 aliphatic rings. The van der Waals surface area contributed by atoms with Crippen molar-refractivity contribution in [2.24, 2.45) is 0 Å². The first-order valence-corrected chi connectivity index (χ1v) is 6.11. The zero-order chi connectivity index (χ0) is 11.6. The van der Waals surface area contributed by atoms with Crippen molar-refractivity contribution in [3.05, 3.63) is 11.8 Å². The second-order valence-electron chi connectivity index (χ2n) is 4.92. The Morgan fingerprint density at radius 1 is 1.47 bits per heavy atom. The molecule has 0 aromatic heterocycles. The van der Waals surface area contributed by atoms with E-state index in [1.807, 2.05) is 0 Å². The predicted molar refractivity (Wildman–Crippen MR) is 69.8 cm³/mol. The lowest BCUT2D eigenvalue weighted by atomic mass is 10.0. The van der Waals surface area contributed by atoms with Gasteiger partial charge in [-0.25, -0.2) is 0 Å². The van der Waals surface area contributed by atoms with Crippen LogP contribution in [0.1, 0.15) is 47.5 Å². The Balaban J connectivity index is 2.97. The van der Waals surface area contributed by atoms with E-state index in [2.05, 4.69) is 51.0 Å². The van der Waals surface area contributed by atoms with Gasteiger partial charge in [0.25, 0.3) is 0 Å². The molecule has 0 unspecified atom stereocenters. The van der Waals surface area contributed by atoms with Crippen molar-refractivity contribution < 1.29 is 0 Å². The van der Waals surface area contributed by atoms with Crippen molar-refractivity contribution >= 4 is 17.2 Å². The van der Waals surface area contributed by atoms with Gasteiger partial charge in [-0.2, -0.15) is 0 Å². The molecular formula is C12H22N2S. The molecule has 0 atom stereocenters. The minimum atomic E-state index is -0.0670. The molecule has 0 bridgehead atoms. The number of nitrogens with zero attached hydrogens (tertiary/aromatic N) is 1. The average Bonchev–Trinajstić information content (AvgIpc) is 2.08. The fourth-order valence-corrected chi connectivity index (χ4v) is 2.46. The summed E-state index contributed by atoms with van der Waals surface area (Å²) in [5.74, 6) is 0. The smallest absolute Gasteiger partial charge is 0.105 e. The molecule has 1 rings (SSSR count). The van der Waals surface area contributed by atoms with Crippen LogP contribution in [0, 0.1) is 0 Å². The van der Waals surface area contributed by atoms with Crippen LogP contribution in [0.15, 0.2) is 11.8 Å². The average molecular weight is 226 g/mol. The largest absolute Gasteiger partial charge is 0.354 e. The molecular weight excluding hydrogens is 204 g/mol. The number of nitrogens with one attached hydrogen (secondary N) is 1. The third-order valence-electron chi connectivity index (χ3n) is 2.73. The van der Waals surface area contributed by atoms with Gasteiger partial charge in [0, 0.05) is 17.8 Å². The van der Waals surface area contributed by atoms with Crippen LogP contribution in [0.3, 0.4) is 0 Å². The van der Waals surface area contributed by atoms with Crippen LogP contribution in [0.25, 0.3) is 0 Å². The molecule has 0 fully saturated rings. The van der Waals surface area contributed by atoms with Crippen LogP contribution in [0.4, 0.5) is 0 Å². The summed E-state index contributed by atoms with van der Waals surface area (Å²) in [7, 11) is 0. The molecule has 0 amide bonds. The highest BCUT2D eigenvalue weighted by Crippen LogP contribution is 2.24. The van der Waals surface area contributed by atoms with Crippen molar-refractivity contribution in [3.8, 4) is 0 Å². The summed E-state index contributed by atoms with van der Waals surface area (Å²) in [6.45, 7) is 10.9. The lowest BCUT2D eigenvalue weighted by Gasteiger charge is -2.46. The van der Waals surface area contributed by atoms with Gasteiger partial charge in [-0.05, 0) is 34.1 Å². The first kappa shape index (κ1) is 12.5. The van der Waals surface area contributed by atoms with Crippen LogP contribution in [-0.4, -0.2) is 21.6 Å². The van der Waals surface area contributed by atoms with E-state index in [9.17, 15) is 0 Å². The Morgan fingerprint density at radius 3 is 2.53 bits per heavy atom. The molecule has 3 heteroatoms. The highest BCUT2D eigenvalue weighted by Gasteiger charge is 2.31. The van der Waals surface area contributed by atoms with E-state index < -0.39 is 0 Å². The van der Waals surface area contributed by atoms with Gasteiger partial charge < -0.3 is 10.2 Å². The normalized spacial score (nSPS) is 20.3. The van der Waals surface area contributed by atoms with Crippen molar-refractivity contribution in [2.75, 3.05) is 0 Å². The molecule has 0 saturated heterocycles. The van der Waals surface area contributed by atoms with Crippen molar-refractivity contribution in [1.82, 2.24) is 10.2 Å². The SMILES string of the molecule is CCCC1=CN(C(C)C)C(C)(C)NC1=S. The fraction of sp³-hybridized carbons (Fsp3) is 0.750. The molecule has 0 aromatic rings. The van der Waals surface area contributed by atoms with Gasteiger partial charge in [-0.1, -0.05) is 25.6 Å². The van der Waals surface area contributed by atoms with Gasteiger partial charge in [0.1, 0.15) is 10.7 Å². The van der Waals surface area contributed by atoms with Gasteiger partial charge in [0.15, 0.2) is 0 Å². The summed E-state index contributed by atoms with van der Waals surface area (Å²) in [6.07, 6.45) is 4.43. The molecule has 1 aliphatic heterocycles. The number of hydrogen-bond acceptors (Lipinski definition) is 2. The zero-order valence-corrected chi connectivity index (χ0v) is 11.2. The maximum absolute atomic E-state index is 5.37. The molecule has 1 heterocycles. The highest BCUT2D eigenvalue weighted by molar-refractivity contribution is 7.80. The lowest BCUT2D eigenvalue weighted by Crippen LogP contribution is -2.59. The van der Waals surface area contributed by atoms with Crippen LogP contribution in [-0.2, 0) is 0 Å². The Hall–Kier alpha value is -0.570. The fourth-order valence-electron chi connectivity index (χ4n) is 2.05. The van der Waals surface area contributed by atoms with Crippen molar-refractivity contribution in [1.29, 1.82) is 0 Å². The first-order chi connectivity index (χ1) is 6.88. The van der Waals surface area contributed by atoms with Gasteiger partial charge in [0.2, 0.25) is 0 Å². The van der Waals surface area contributed by atoms with Crippen LogP contribution >= 0.6 is 12.2 Å². The second kappa shape index (κ2) is 4.52. The third kappa shape index (κ3) is 2.71. The highest BCUT2D eigenvalue weighted by atomic mass is 32.1. The quantitative estimate of drug-likeness (QED) is 0.745. The third-order valence-corrected chi connectivity index (χ3v) is 3.09. The summed E-state index contributed by atoms with van der Waals surface area (Å²) < 4.78 is 0. The summed E-state index contributed by atoms with van der Waals surface area (Å²) >= 11 is 5.37. The van der Waals surface area contributed by atoms with Gasteiger partial charge in [0.05, 0.1) is 0 Å². The Morgan fingerprint density at radius 2 is 2.07 bits per heavy atom. The Bertz CT molecular complexity index is 279. The topological polar surface area (TPSA) is 15.3 Å². The molecule has 0 radical (unpaired) electrons. The van der Waals surface area contributed by atoms with Gasteiger partial charge in [-0.15, -0.1) is 0 Å². The summed E-state index contributed by atoms with van der Waals surface area (Å²) in [5.41, 5.74) is 1.20. The van der Waals surface area contributed by atoms with Gasteiger partial charge in [-0.3, -0.25) is 0 Å². The standard InChI is InChI=1S/C12H22N2S/c1-6-7-10-8-14(9(2)3)12(4,5)13-11(10)15/h8-9H,6-7H2,1-5H3,(H,13,15). The monoisotopic (exact) mass is 226 g/mol. The summed E-state index contributed by atoms with van der Waals surface area (Å²) in [5, 5.41) is 3.41. The van der Waals surface area contributed by atoms with E-state index in [4.69, 9.17) is 12.2 Å². The van der Waals surface area contributed by atoms with E-state index in [1.165, 1.54) is 5.57 Å². The minimum absolute atomic E-state index is 0.0670. The maximum Gasteiger partial charge on any atom is 0.105 e. The lowest BCUT2D eigenvalue weighted by molar-refractivity contribution is 0.125. The maximum atomic E-state index is 5.37. The summed E-state index contributed by atoms with van der Waals surface area (Å²) in [4.78, 5) is 3.26. The molecule has 1 N–H and O–H groups in total. The van der Waals surface area contributed by atoms with E-state index in [-0.39, 0.29) is 5.66 Å². The summed E-state index contributed by atoms with van der Waals surface area (Å²) in [6, 6.07) is 0.488. The number of rotatable bonds is 3. The zero-order valence-electron chi connectivity index (χ0n) is 10.4. The molecule has 0 aliphatic carbocycles. The first-order valence-electron chi connectivity index (χ1n) is 5.70. The number of hydrogen-bond donors (Lipinski definition) is 1. The van der Waals surface area contributed by atoms with Gasteiger partial charge >= 0.3 is 0 Å². The van der Waals surface area contributed by atoms with E-state index in [0.29, 0.717) is 6.04 Å². The molecule has 86 valence electrons. The molecule has 0 saturated carbocycles. The predicted octanol–water partition coefficient (Wildman–Crippen LogP) is 3.05. The van der Waals surface area contributed by atoms with Crippen molar-refractivity contribution in [3.63, 3.8) is 0 Å². The van der Waals surface area contributed by atoms with Crippen LogP contribution in [0.2, 0.25) is 0 Å². The number of thiocarbonyl (C=S) groups is 1. The van der Waals surface area contributed by atoms with E-state index >= 15 is 0 Å². The van der Waals surface area contributed by atoms with E-state index in [1.54, 1.807) is 0 Å². The minimum Gasteiger partial charge on any atom is -0.354 e. The molecule has 2 nitrogen and oxygen atoms in total. The van der Waals surface area contributed by atoms with Crippen LogP contribution < -0.4 is 5.32 Å². The van der Waals surface area contributed by atoms with E-state index in [0.717, 1.165) is 17.8 Å².